The summed E-state index contributed by atoms with van der Waals surface area (Å²) in [6.07, 6.45) is 2.41. The second-order valence-corrected chi connectivity index (χ2v) is 9.99. The van der Waals surface area contributed by atoms with Gasteiger partial charge in [-0.2, -0.15) is 0 Å². The van der Waals surface area contributed by atoms with Gasteiger partial charge in [0.1, 0.15) is 10.8 Å². The normalized spacial score (nSPS) is 13.5. The molecular formula is C22H23ClN4O4S2. The number of rotatable bonds is 8. The van der Waals surface area contributed by atoms with E-state index in [1.54, 1.807) is 16.7 Å². The molecular weight excluding hydrogens is 484 g/mol. The fourth-order valence-corrected chi connectivity index (χ4v) is 5.90. The number of hydrogen-bond acceptors (Lipinski definition) is 8. The van der Waals surface area contributed by atoms with Crippen LogP contribution in [0.4, 0.5) is 5.00 Å². The molecule has 2 aromatic heterocycles. The first kappa shape index (κ1) is 23.6. The second kappa shape index (κ2) is 10.1. The number of hydrogen-bond donors (Lipinski definition) is 1. The molecule has 0 saturated heterocycles. The van der Waals surface area contributed by atoms with Crippen LogP contribution in [0.5, 0.6) is 5.75 Å². The number of nitrogens with zero attached hydrogens (tertiary/aromatic N) is 3. The molecule has 3 aromatic rings. The van der Waals surface area contributed by atoms with Crippen LogP contribution < -0.4 is 10.1 Å². The molecule has 0 radical (unpaired) electrons. The van der Waals surface area contributed by atoms with E-state index in [1.165, 1.54) is 30.2 Å². The maximum absolute atomic E-state index is 12.6. The number of carbonyl (C=O) groups is 2. The zero-order valence-corrected chi connectivity index (χ0v) is 20.8. The number of ether oxygens (including phenoxy) is 2. The zero-order chi connectivity index (χ0) is 23.5. The smallest absolute Gasteiger partial charge is 0.341 e. The average Bonchev–Trinajstić information content (AvgIpc) is 3.46. The van der Waals surface area contributed by atoms with Crippen LogP contribution in [0.25, 0.3) is 0 Å². The SMILES string of the molecule is COC(=O)c1c(NC(=O)CSc2nnc(C(C)Oc3cccc(Cl)c3)n2C)sc2c1CCC2. The van der Waals surface area contributed by atoms with E-state index < -0.39 is 5.97 Å². The minimum Gasteiger partial charge on any atom is -0.483 e. The highest BCUT2D eigenvalue weighted by Crippen LogP contribution is 2.39. The molecule has 0 fully saturated rings. The van der Waals surface area contributed by atoms with E-state index in [9.17, 15) is 9.59 Å². The van der Waals surface area contributed by atoms with Gasteiger partial charge in [0.2, 0.25) is 5.91 Å². The Balaban J connectivity index is 1.39. The Kier molecular flexibility index (Phi) is 7.26. The Morgan fingerprint density at radius 1 is 1.33 bits per heavy atom. The first-order valence-corrected chi connectivity index (χ1v) is 12.5. The lowest BCUT2D eigenvalue weighted by Crippen LogP contribution is -2.16. The molecule has 0 saturated carbocycles. The largest absolute Gasteiger partial charge is 0.483 e. The van der Waals surface area contributed by atoms with Gasteiger partial charge in [0, 0.05) is 16.9 Å². The Morgan fingerprint density at radius 2 is 2.15 bits per heavy atom. The van der Waals surface area contributed by atoms with Crippen molar-refractivity contribution >= 4 is 51.6 Å². The summed E-state index contributed by atoms with van der Waals surface area (Å²) in [5, 5.41) is 13.0. The van der Waals surface area contributed by atoms with Crippen molar-refractivity contribution in [1.82, 2.24) is 14.8 Å². The zero-order valence-electron chi connectivity index (χ0n) is 18.4. The molecule has 2 heterocycles. The molecule has 1 N–H and O–H groups in total. The van der Waals surface area contributed by atoms with Crippen LogP contribution in [0, 0.1) is 0 Å². The van der Waals surface area contributed by atoms with E-state index in [0.717, 1.165) is 29.7 Å². The van der Waals surface area contributed by atoms with Gasteiger partial charge in [-0.25, -0.2) is 4.79 Å². The predicted octanol–water partition coefficient (Wildman–Crippen LogP) is 4.68. The first-order chi connectivity index (χ1) is 15.9. The van der Waals surface area contributed by atoms with E-state index in [0.29, 0.717) is 32.3 Å². The van der Waals surface area contributed by atoms with Gasteiger partial charge >= 0.3 is 5.97 Å². The lowest BCUT2D eigenvalue weighted by atomic mass is 10.1. The van der Waals surface area contributed by atoms with Crippen LogP contribution in [0.15, 0.2) is 29.4 Å². The molecule has 174 valence electrons. The second-order valence-electron chi connectivity index (χ2n) is 7.51. The number of amides is 1. The van der Waals surface area contributed by atoms with Crippen molar-refractivity contribution in [2.24, 2.45) is 7.05 Å². The van der Waals surface area contributed by atoms with Crippen LogP contribution in [0.2, 0.25) is 5.02 Å². The van der Waals surface area contributed by atoms with Crippen molar-refractivity contribution in [3.63, 3.8) is 0 Å². The summed E-state index contributed by atoms with van der Waals surface area (Å²) in [5.41, 5.74) is 1.49. The van der Waals surface area contributed by atoms with Crippen molar-refractivity contribution in [1.29, 1.82) is 0 Å². The van der Waals surface area contributed by atoms with Crippen molar-refractivity contribution in [2.45, 2.75) is 37.4 Å². The average molecular weight is 507 g/mol. The van der Waals surface area contributed by atoms with Crippen LogP contribution in [0.1, 0.15) is 46.1 Å². The Hall–Kier alpha value is -2.56. The van der Waals surface area contributed by atoms with Gasteiger partial charge in [0.15, 0.2) is 17.1 Å². The number of nitrogens with one attached hydrogen (secondary N) is 1. The van der Waals surface area contributed by atoms with Crippen LogP contribution >= 0.6 is 34.7 Å². The molecule has 0 aliphatic heterocycles. The van der Waals surface area contributed by atoms with E-state index >= 15 is 0 Å². The molecule has 1 aromatic carbocycles. The monoisotopic (exact) mass is 506 g/mol. The fourth-order valence-electron chi connectivity index (χ4n) is 3.71. The number of fused-ring (bicyclic) bond motifs is 1. The van der Waals surface area contributed by atoms with Gasteiger partial charge in [0.05, 0.1) is 18.4 Å². The Morgan fingerprint density at radius 3 is 2.91 bits per heavy atom. The lowest BCUT2D eigenvalue weighted by Gasteiger charge is -2.14. The lowest BCUT2D eigenvalue weighted by molar-refractivity contribution is -0.113. The summed E-state index contributed by atoms with van der Waals surface area (Å²) in [5.74, 6) is 0.747. The van der Waals surface area contributed by atoms with Crippen molar-refractivity contribution in [3.05, 3.63) is 51.1 Å². The number of thioether (sulfide) groups is 1. The summed E-state index contributed by atoms with van der Waals surface area (Å²) in [6, 6.07) is 7.15. The first-order valence-electron chi connectivity index (χ1n) is 10.3. The maximum atomic E-state index is 12.6. The van der Waals surface area contributed by atoms with Gasteiger partial charge in [-0.05, 0) is 49.9 Å². The quantitative estimate of drug-likeness (QED) is 0.350. The highest BCUT2D eigenvalue weighted by molar-refractivity contribution is 7.99. The molecule has 0 spiro atoms. The van der Waals surface area contributed by atoms with E-state index in [1.807, 2.05) is 26.1 Å². The van der Waals surface area contributed by atoms with Crippen molar-refractivity contribution in [3.8, 4) is 5.75 Å². The van der Waals surface area contributed by atoms with Gasteiger partial charge < -0.3 is 19.4 Å². The number of thiophene rings is 1. The van der Waals surface area contributed by atoms with E-state index in [-0.39, 0.29) is 17.8 Å². The van der Waals surface area contributed by atoms with E-state index in [2.05, 4.69) is 15.5 Å². The third kappa shape index (κ3) is 5.18. The number of methoxy groups -OCH3 is 1. The number of halogens is 1. The summed E-state index contributed by atoms with van der Waals surface area (Å²) >= 11 is 8.73. The molecule has 0 bridgehead atoms. The van der Waals surface area contributed by atoms with Gasteiger partial charge in [-0.3, -0.25) is 4.79 Å². The van der Waals surface area contributed by atoms with Gasteiger partial charge in [0.25, 0.3) is 0 Å². The highest BCUT2D eigenvalue weighted by atomic mass is 35.5. The summed E-state index contributed by atoms with van der Waals surface area (Å²) in [4.78, 5) is 26.0. The van der Waals surface area contributed by atoms with Gasteiger partial charge in [-0.1, -0.05) is 29.4 Å². The molecule has 8 nitrogen and oxygen atoms in total. The molecule has 33 heavy (non-hydrogen) atoms. The van der Waals surface area contributed by atoms with Crippen molar-refractivity contribution < 1.29 is 19.1 Å². The van der Waals surface area contributed by atoms with Crippen LogP contribution in [-0.2, 0) is 29.4 Å². The fraction of sp³-hybridized carbons (Fsp3) is 0.364. The minimum atomic E-state index is -0.413. The number of esters is 1. The molecule has 1 aliphatic rings. The molecule has 1 amide bonds. The third-order valence-electron chi connectivity index (χ3n) is 5.24. The third-order valence-corrected chi connectivity index (χ3v) is 7.70. The summed E-state index contributed by atoms with van der Waals surface area (Å²) in [7, 11) is 3.18. The number of aromatic nitrogens is 3. The molecule has 1 atom stereocenters. The van der Waals surface area contributed by atoms with Crippen LogP contribution in [-0.4, -0.2) is 39.5 Å². The molecule has 4 rings (SSSR count). The standard InChI is InChI=1S/C22H23ClN4O4S2/c1-12(31-14-7-4-6-13(23)10-14)19-25-26-22(27(19)2)32-11-17(28)24-20-18(21(29)30-3)15-8-5-9-16(15)33-20/h4,6-7,10,12H,5,8-9,11H2,1-3H3,(H,24,28). The Bertz CT molecular complexity index is 1190. The molecule has 1 unspecified atom stereocenters. The molecule has 1 aliphatic carbocycles. The highest BCUT2D eigenvalue weighted by Gasteiger charge is 2.28. The maximum Gasteiger partial charge on any atom is 0.341 e. The summed E-state index contributed by atoms with van der Waals surface area (Å²) in [6.45, 7) is 1.87. The van der Waals surface area contributed by atoms with Crippen molar-refractivity contribution in [2.75, 3.05) is 18.2 Å². The number of benzene rings is 1. The number of carbonyl (C=O) groups excluding carboxylic acids is 2. The minimum absolute atomic E-state index is 0.124. The number of anilines is 1. The van der Waals surface area contributed by atoms with E-state index in [4.69, 9.17) is 21.1 Å². The topological polar surface area (TPSA) is 95.3 Å². The Labute approximate surface area is 204 Å². The number of aryl methyl sites for hydroxylation is 1. The predicted molar refractivity (Wildman–Crippen MR) is 129 cm³/mol. The van der Waals surface area contributed by atoms with Gasteiger partial charge in [-0.15, -0.1) is 21.5 Å². The molecule has 11 heteroatoms. The summed E-state index contributed by atoms with van der Waals surface area (Å²) < 4.78 is 12.6. The van der Waals surface area contributed by atoms with Crippen LogP contribution in [0.3, 0.4) is 0 Å².